The number of aromatic nitrogens is 1. The average Bonchev–Trinajstić information content (AvgIpc) is 2.06. The summed E-state index contributed by atoms with van der Waals surface area (Å²) < 4.78 is 46.5. The van der Waals surface area contributed by atoms with Crippen LogP contribution in [0.1, 0.15) is 12.0 Å². The molecule has 0 saturated carbocycles. The summed E-state index contributed by atoms with van der Waals surface area (Å²) in [5.74, 6) is 0. The van der Waals surface area contributed by atoms with Gasteiger partial charge in [-0.2, -0.15) is 0 Å². The molecule has 84 valence electrons. The van der Waals surface area contributed by atoms with Crippen LogP contribution >= 0.6 is 49.2 Å². The SMILES string of the molecule is O=S(=O)(Cl)c1nc(I)c(C(F)F)cc1Br. The number of rotatable bonds is 2. The van der Waals surface area contributed by atoms with Gasteiger partial charge in [0, 0.05) is 10.7 Å². The van der Waals surface area contributed by atoms with Crippen LogP contribution < -0.4 is 0 Å². The Kier molecular flexibility index (Phi) is 4.29. The van der Waals surface area contributed by atoms with Crippen LogP contribution in [0, 0.1) is 3.70 Å². The highest BCUT2D eigenvalue weighted by Crippen LogP contribution is 2.31. The zero-order valence-electron chi connectivity index (χ0n) is 6.72. The Bertz CT molecular complexity index is 496. The van der Waals surface area contributed by atoms with Crippen molar-refractivity contribution in [3.05, 3.63) is 19.8 Å². The summed E-state index contributed by atoms with van der Waals surface area (Å²) in [4.78, 5) is 3.51. The minimum absolute atomic E-state index is 0.0757. The normalized spacial score (nSPS) is 12.1. The fourth-order valence-electron chi connectivity index (χ4n) is 0.789. The van der Waals surface area contributed by atoms with Crippen LogP contribution in [0.5, 0.6) is 0 Å². The molecule has 0 N–H and O–H groups in total. The van der Waals surface area contributed by atoms with Gasteiger partial charge in [0.25, 0.3) is 15.5 Å². The third kappa shape index (κ3) is 3.21. The molecule has 15 heavy (non-hydrogen) atoms. The van der Waals surface area contributed by atoms with Gasteiger partial charge in [-0.25, -0.2) is 22.2 Å². The number of hydrogen-bond acceptors (Lipinski definition) is 3. The second-order valence-corrected chi connectivity index (χ2v) is 6.75. The molecule has 0 saturated heterocycles. The van der Waals surface area contributed by atoms with E-state index in [0.29, 0.717) is 0 Å². The summed E-state index contributed by atoms with van der Waals surface area (Å²) in [6.07, 6.45) is -2.72. The lowest BCUT2D eigenvalue weighted by molar-refractivity contribution is 0.149. The molecule has 1 aromatic rings. The molecule has 0 aliphatic heterocycles. The van der Waals surface area contributed by atoms with Gasteiger partial charge in [-0.05, 0) is 44.6 Å². The molecule has 0 fully saturated rings. The van der Waals surface area contributed by atoms with Crippen LogP contribution in [-0.4, -0.2) is 13.4 Å². The van der Waals surface area contributed by atoms with E-state index in [-0.39, 0.29) is 13.7 Å². The molecule has 0 spiro atoms. The lowest BCUT2D eigenvalue weighted by Gasteiger charge is -2.06. The van der Waals surface area contributed by atoms with Crippen molar-refractivity contribution in [3.63, 3.8) is 0 Å². The number of halogens is 5. The smallest absolute Gasteiger partial charge is 0.227 e. The first kappa shape index (κ1) is 13.5. The molecular formula is C6H2BrClF2INO2S. The first-order valence-corrected chi connectivity index (χ1v) is 7.50. The number of nitrogens with zero attached hydrogens (tertiary/aromatic N) is 1. The molecule has 0 bridgehead atoms. The van der Waals surface area contributed by atoms with E-state index < -0.39 is 20.5 Å². The van der Waals surface area contributed by atoms with E-state index in [4.69, 9.17) is 10.7 Å². The largest absolute Gasteiger partial charge is 0.279 e. The maximum Gasteiger partial charge on any atom is 0.279 e. The standard InChI is InChI=1S/C6H2BrClF2INO2S/c7-3-1-2(4(9)10)5(11)12-6(3)15(8,13)14/h1,4H. The van der Waals surface area contributed by atoms with E-state index in [1.807, 2.05) is 0 Å². The molecule has 0 unspecified atom stereocenters. The second kappa shape index (κ2) is 4.76. The molecule has 1 rings (SSSR count). The van der Waals surface area contributed by atoms with Crippen LogP contribution in [-0.2, 0) is 9.05 Å². The molecule has 3 nitrogen and oxygen atoms in total. The minimum Gasteiger partial charge on any atom is -0.227 e. The molecule has 1 heterocycles. The first-order chi connectivity index (χ1) is 6.73. The van der Waals surface area contributed by atoms with Crippen LogP contribution in [0.4, 0.5) is 8.78 Å². The highest BCUT2D eigenvalue weighted by atomic mass is 127. The molecular weight excluding hydrogens is 430 g/mol. The van der Waals surface area contributed by atoms with Gasteiger partial charge in [-0.15, -0.1) is 0 Å². The number of pyridine rings is 1. The lowest BCUT2D eigenvalue weighted by atomic mass is 10.3. The van der Waals surface area contributed by atoms with Gasteiger partial charge < -0.3 is 0 Å². The van der Waals surface area contributed by atoms with Gasteiger partial charge in [-0.3, -0.25) is 0 Å². The second-order valence-electron chi connectivity index (χ2n) is 2.39. The van der Waals surface area contributed by atoms with Crippen molar-refractivity contribution in [3.8, 4) is 0 Å². The molecule has 0 aliphatic carbocycles. The molecule has 9 heteroatoms. The highest BCUT2D eigenvalue weighted by molar-refractivity contribution is 14.1. The molecule has 0 aliphatic rings. The van der Waals surface area contributed by atoms with E-state index in [9.17, 15) is 17.2 Å². The Morgan fingerprint density at radius 3 is 2.47 bits per heavy atom. The average molecular weight is 432 g/mol. The van der Waals surface area contributed by atoms with Crippen LogP contribution in [0.15, 0.2) is 15.6 Å². The number of hydrogen-bond donors (Lipinski definition) is 0. The van der Waals surface area contributed by atoms with Crippen molar-refractivity contribution < 1.29 is 17.2 Å². The quantitative estimate of drug-likeness (QED) is 0.409. The van der Waals surface area contributed by atoms with E-state index in [2.05, 4.69) is 20.9 Å². The molecule has 1 aromatic heterocycles. The monoisotopic (exact) mass is 431 g/mol. The summed E-state index contributed by atoms with van der Waals surface area (Å²) in [7, 11) is 1.02. The molecule has 0 aromatic carbocycles. The summed E-state index contributed by atoms with van der Waals surface area (Å²) in [6, 6.07) is 0.995. The first-order valence-electron chi connectivity index (χ1n) is 3.32. The van der Waals surface area contributed by atoms with Gasteiger partial charge in [0.2, 0.25) is 0 Å². The summed E-state index contributed by atoms with van der Waals surface area (Å²) in [6.45, 7) is 0. The van der Waals surface area contributed by atoms with Crippen molar-refractivity contribution in [1.82, 2.24) is 4.98 Å². The fraction of sp³-hybridized carbons (Fsp3) is 0.167. The van der Waals surface area contributed by atoms with E-state index in [1.54, 1.807) is 0 Å². The van der Waals surface area contributed by atoms with Gasteiger partial charge in [0.15, 0.2) is 5.03 Å². The highest BCUT2D eigenvalue weighted by Gasteiger charge is 2.22. The van der Waals surface area contributed by atoms with E-state index in [0.717, 1.165) is 6.07 Å². The third-order valence-corrected chi connectivity index (χ3v) is 4.33. The molecule has 0 amide bonds. The minimum atomic E-state index is -4.03. The Labute approximate surface area is 111 Å². The van der Waals surface area contributed by atoms with Crippen LogP contribution in [0.3, 0.4) is 0 Å². The molecule has 0 atom stereocenters. The molecule has 0 radical (unpaired) electrons. The van der Waals surface area contributed by atoms with Gasteiger partial charge >= 0.3 is 0 Å². The Balaban J connectivity index is 3.46. The number of alkyl halides is 2. The lowest BCUT2D eigenvalue weighted by Crippen LogP contribution is -2.02. The zero-order valence-corrected chi connectivity index (χ0v) is 12.0. The summed E-state index contributed by atoms with van der Waals surface area (Å²) >= 11 is 4.35. The Morgan fingerprint density at radius 2 is 2.07 bits per heavy atom. The maximum atomic E-state index is 12.4. The predicted molar refractivity (Wildman–Crippen MR) is 62.6 cm³/mol. The van der Waals surface area contributed by atoms with Crippen LogP contribution in [0.25, 0.3) is 0 Å². The summed E-state index contributed by atoms with van der Waals surface area (Å²) in [5, 5.41) is -0.460. The predicted octanol–water partition coefficient (Wildman–Crippen LogP) is 3.31. The van der Waals surface area contributed by atoms with Crippen LogP contribution in [0.2, 0.25) is 0 Å². The van der Waals surface area contributed by atoms with E-state index >= 15 is 0 Å². The summed E-state index contributed by atoms with van der Waals surface area (Å²) in [5.41, 5.74) is -0.341. The van der Waals surface area contributed by atoms with Gasteiger partial charge in [-0.1, -0.05) is 0 Å². The fourth-order valence-corrected chi connectivity index (χ4v) is 3.68. The topological polar surface area (TPSA) is 47.0 Å². The van der Waals surface area contributed by atoms with Crippen molar-refractivity contribution in [1.29, 1.82) is 0 Å². The Morgan fingerprint density at radius 1 is 1.53 bits per heavy atom. The van der Waals surface area contributed by atoms with E-state index in [1.165, 1.54) is 22.6 Å². The maximum absolute atomic E-state index is 12.4. The Hall–Kier alpha value is 0.460. The van der Waals surface area contributed by atoms with Gasteiger partial charge in [0.05, 0.1) is 10.0 Å². The van der Waals surface area contributed by atoms with Gasteiger partial charge in [0.1, 0.15) is 3.70 Å². The van der Waals surface area contributed by atoms with Crippen molar-refractivity contribution in [2.45, 2.75) is 11.5 Å². The zero-order chi connectivity index (χ0) is 11.8. The van der Waals surface area contributed by atoms with Crippen molar-refractivity contribution >= 4 is 58.3 Å². The van der Waals surface area contributed by atoms with Crippen molar-refractivity contribution in [2.24, 2.45) is 0 Å². The van der Waals surface area contributed by atoms with Crippen molar-refractivity contribution in [2.75, 3.05) is 0 Å². The third-order valence-electron chi connectivity index (χ3n) is 1.39.